The Bertz CT molecular complexity index is 830. The number of benzene rings is 2. The summed E-state index contributed by atoms with van der Waals surface area (Å²) in [7, 11) is 1.42. The molecule has 122 valence electrons. The van der Waals surface area contributed by atoms with E-state index in [0.29, 0.717) is 17.4 Å². The third kappa shape index (κ3) is 2.37. The van der Waals surface area contributed by atoms with Crippen molar-refractivity contribution in [1.82, 2.24) is 0 Å². The molecule has 1 aliphatic carbocycles. The van der Waals surface area contributed by atoms with Crippen LogP contribution in [0.1, 0.15) is 39.9 Å². The summed E-state index contributed by atoms with van der Waals surface area (Å²) in [4.78, 5) is 12.2. The molecule has 0 aromatic heterocycles. The van der Waals surface area contributed by atoms with Crippen LogP contribution in [0.15, 0.2) is 59.1 Å². The van der Waals surface area contributed by atoms with Gasteiger partial charge < -0.3 is 10.1 Å². The normalized spacial score (nSPS) is 24.0. The van der Waals surface area contributed by atoms with E-state index in [1.165, 1.54) is 18.2 Å². The average molecular weight is 384 g/mol. The van der Waals surface area contributed by atoms with Crippen LogP contribution in [0.3, 0.4) is 0 Å². The molecule has 3 atom stereocenters. The number of fused-ring (bicyclic) bond motifs is 3. The molecule has 0 unspecified atom stereocenters. The van der Waals surface area contributed by atoms with Crippen LogP contribution in [0.2, 0.25) is 0 Å². The Morgan fingerprint density at radius 1 is 1.17 bits per heavy atom. The molecule has 0 saturated heterocycles. The fourth-order valence-corrected chi connectivity index (χ4v) is 4.47. The first kappa shape index (κ1) is 15.5. The molecular weight excluding hydrogens is 366 g/mol. The summed E-state index contributed by atoms with van der Waals surface area (Å²) in [6.45, 7) is 0. The van der Waals surface area contributed by atoms with Crippen molar-refractivity contribution in [3.63, 3.8) is 0 Å². The van der Waals surface area contributed by atoms with Crippen LogP contribution in [-0.4, -0.2) is 13.1 Å². The first-order valence-corrected chi connectivity index (χ1v) is 8.89. The van der Waals surface area contributed by atoms with Gasteiger partial charge in [-0.1, -0.05) is 58.4 Å². The zero-order valence-corrected chi connectivity index (χ0v) is 14.9. The van der Waals surface area contributed by atoms with Gasteiger partial charge in [-0.05, 0) is 35.6 Å². The molecule has 0 fully saturated rings. The number of carbonyl (C=O) groups excluding carboxylic acids is 1. The Kier molecular flexibility index (Phi) is 3.93. The summed E-state index contributed by atoms with van der Waals surface area (Å²) >= 11 is 3.68. The molecule has 4 rings (SSSR count). The number of hydrogen-bond donors (Lipinski definition) is 1. The van der Waals surface area contributed by atoms with E-state index in [1.54, 1.807) is 0 Å². The van der Waals surface area contributed by atoms with Gasteiger partial charge in [-0.25, -0.2) is 4.79 Å². The number of methoxy groups -OCH3 is 1. The molecule has 0 bridgehead atoms. The highest BCUT2D eigenvalue weighted by molar-refractivity contribution is 9.10. The van der Waals surface area contributed by atoms with Gasteiger partial charge in [0.25, 0.3) is 0 Å². The number of nitrogens with one attached hydrogen (secondary N) is 1. The number of carbonyl (C=O) groups is 1. The van der Waals surface area contributed by atoms with E-state index in [1.807, 2.05) is 18.2 Å². The van der Waals surface area contributed by atoms with Crippen LogP contribution in [0.4, 0.5) is 5.69 Å². The van der Waals surface area contributed by atoms with E-state index in [9.17, 15) is 4.79 Å². The van der Waals surface area contributed by atoms with Crippen molar-refractivity contribution in [3.8, 4) is 0 Å². The van der Waals surface area contributed by atoms with E-state index in [4.69, 9.17) is 4.74 Å². The molecule has 0 radical (unpaired) electrons. The van der Waals surface area contributed by atoms with Crippen molar-refractivity contribution in [2.24, 2.45) is 5.92 Å². The number of hydrogen-bond acceptors (Lipinski definition) is 3. The van der Waals surface area contributed by atoms with Gasteiger partial charge in [-0.2, -0.15) is 0 Å². The molecule has 0 spiro atoms. The molecule has 24 heavy (non-hydrogen) atoms. The zero-order valence-electron chi connectivity index (χ0n) is 13.3. The zero-order chi connectivity index (χ0) is 16.7. The van der Waals surface area contributed by atoms with Crippen LogP contribution < -0.4 is 5.32 Å². The van der Waals surface area contributed by atoms with Gasteiger partial charge in [0.1, 0.15) is 0 Å². The molecule has 3 nitrogen and oxygen atoms in total. The lowest BCUT2D eigenvalue weighted by molar-refractivity contribution is 0.0601. The smallest absolute Gasteiger partial charge is 0.339 e. The number of para-hydroxylation sites is 1. The Labute approximate surface area is 149 Å². The summed E-state index contributed by atoms with van der Waals surface area (Å²) < 4.78 is 6.06. The highest BCUT2D eigenvalue weighted by atomic mass is 79.9. The largest absolute Gasteiger partial charge is 0.465 e. The van der Waals surface area contributed by atoms with E-state index in [-0.39, 0.29) is 12.0 Å². The minimum absolute atomic E-state index is 0.152. The van der Waals surface area contributed by atoms with Gasteiger partial charge in [-0.15, -0.1) is 0 Å². The number of rotatable bonds is 2. The Morgan fingerprint density at radius 2 is 1.96 bits per heavy atom. The molecule has 2 aliphatic rings. The van der Waals surface area contributed by atoms with Gasteiger partial charge in [0.15, 0.2) is 0 Å². The number of ether oxygens (including phenoxy) is 1. The molecule has 2 aromatic carbocycles. The van der Waals surface area contributed by atoms with E-state index >= 15 is 0 Å². The molecule has 2 aromatic rings. The number of anilines is 1. The van der Waals surface area contributed by atoms with Gasteiger partial charge in [0, 0.05) is 10.4 Å². The quantitative estimate of drug-likeness (QED) is 0.581. The first-order chi connectivity index (χ1) is 11.7. The minimum Gasteiger partial charge on any atom is -0.465 e. The third-order valence-corrected chi connectivity index (χ3v) is 5.76. The topological polar surface area (TPSA) is 38.3 Å². The fraction of sp³-hybridized carbons (Fsp3) is 0.250. The van der Waals surface area contributed by atoms with E-state index < -0.39 is 0 Å². The monoisotopic (exact) mass is 383 g/mol. The summed E-state index contributed by atoms with van der Waals surface area (Å²) in [5.41, 5.74) is 3.91. The van der Waals surface area contributed by atoms with Crippen molar-refractivity contribution in [2.45, 2.75) is 18.4 Å². The second-order valence-electron chi connectivity index (χ2n) is 6.26. The van der Waals surface area contributed by atoms with Crippen LogP contribution in [0.25, 0.3) is 0 Å². The highest BCUT2D eigenvalue weighted by Gasteiger charge is 2.39. The minimum atomic E-state index is -0.300. The Hall–Kier alpha value is -2.07. The standard InChI is InChI=1S/C20H18BrNO2/c1-24-20(23)16-10-5-9-14-12-7-4-8-13(12)18(22-19(14)16)15-6-2-3-11-17(15)21/h2-7,9-13,18,22H,8H2,1H3/t12-,13+,18-/m0/s1. The predicted octanol–water partition coefficient (Wildman–Crippen LogP) is 5.06. The molecular formula is C20H18BrNO2. The lowest BCUT2D eigenvalue weighted by Crippen LogP contribution is -2.30. The fourth-order valence-electron chi connectivity index (χ4n) is 3.94. The van der Waals surface area contributed by atoms with Gasteiger partial charge in [-0.3, -0.25) is 0 Å². The van der Waals surface area contributed by atoms with Crippen LogP contribution >= 0.6 is 15.9 Å². The Balaban J connectivity index is 1.85. The van der Waals surface area contributed by atoms with Gasteiger partial charge in [0.05, 0.1) is 24.4 Å². The van der Waals surface area contributed by atoms with Crippen molar-refractivity contribution < 1.29 is 9.53 Å². The maximum atomic E-state index is 12.2. The van der Waals surface area contributed by atoms with Gasteiger partial charge in [0.2, 0.25) is 0 Å². The van der Waals surface area contributed by atoms with Crippen molar-refractivity contribution >= 4 is 27.6 Å². The van der Waals surface area contributed by atoms with Crippen molar-refractivity contribution in [1.29, 1.82) is 0 Å². The van der Waals surface area contributed by atoms with Crippen LogP contribution in [0.5, 0.6) is 0 Å². The molecule has 0 amide bonds. The molecule has 0 saturated carbocycles. The van der Waals surface area contributed by atoms with E-state index in [0.717, 1.165) is 16.6 Å². The number of esters is 1. The highest BCUT2D eigenvalue weighted by Crippen LogP contribution is 2.51. The summed E-state index contributed by atoms with van der Waals surface area (Å²) in [6.07, 6.45) is 5.56. The molecule has 1 heterocycles. The van der Waals surface area contributed by atoms with E-state index in [2.05, 4.69) is 57.7 Å². The molecule has 1 N–H and O–H groups in total. The van der Waals surface area contributed by atoms with Crippen molar-refractivity contribution in [3.05, 3.63) is 75.8 Å². The maximum absolute atomic E-state index is 12.2. The summed E-state index contributed by atoms with van der Waals surface area (Å²) in [5, 5.41) is 3.64. The Morgan fingerprint density at radius 3 is 2.75 bits per heavy atom. The third-order valence-electron chi connectivity index (χ3n) is 5.04. The van der Waals surface area contributed by atoms with Gasteiger partial charge >= 0.3 is 5.97 Å². The van der Waals surface area contributed by atoms with Crippen LogP contribution in [-0.2, 0) is 4.74 Å². The second-order valence-corrected chi connectivity index (χ2v) is 7.11. The lowest BCUT2D eigenvalue weighted by Gasteiger charge is -2.38. The summed E-state index contributed by atoms with van der Waals surface area (Å²) in [5.74, 6) is 0.470. The second kappa shape index (κ2) is 6.10. The van der Waals surface area contributed by atoms with Crippen molar-refractivity contribution in [2.75, 3.05) is 12.4 Å². The SMILES string of the molecule is COC(=O)c1cccc2c1N[C@H](c1ccccc1Br)[C@@H]1CC=C[C@H]21. The molecule has 4 heteroatoms. The lowest BCUT2D eigenvalue weighted by atomic mass is 9.76. The number of halogens is 1. The number of allylic oxidation sites excluding steroid dienone is 2. The first-order valence-electron chi connectivity index (χ1n) is 8.09. The molecule has 1 aliphatic heterocycles. The average Bonchev–Trinajstić information content (AvgIpc) is 3.10. The predicted molar refractivity (Wildman–Crippen MR) is 98.3 cm³/mol. The summed E-state index contributed by atoms with van der Waals surface area (Å²) in [6, 6.07) is 14.3. The maximum Gasteiger partial charge on any atom is 0.339 e. The van der Waals surface area contributed by atoms with Crippen LogP contribution in [0, 0.1) is 5.92 Å².